The van der Waals surface area contributed by atoms with Crippen LogP contribution in [-0.4, -0.2) is 48.4 Å². The molecule has 1 saturated heterocycles. The van der Waals surface area contributed by atoms with Crippen LogP contribution in [0.4, 0.5) is 0 Å². The molecule has 0 N–H and O–H groups in total. The molecule has 0 radical (unpaired) electrons. The van der Waals surface area contributed by atoms with Crippen LogP contribution in [0.3, 0.4) is 0 Å². The number of hydrogen-bond acceptors (Lipinski definition) is 2. The van der Waals surface area contributed by atoms with Gasteiger partial charge in [-0.25, -0.2) is 0 Å². The lowest BCUT2D eigenvalue weighted by atomic mass is 10.1. The van der Waals surface area contributed by atoms with E-state index < -0.39 is 0 Å². The van der Waals surface area contributed by atoms with Crippen LogP contribution in [0.1, 0.15) is 11.1 Å². The molecule has 0 saturated carbocycles. The van der Waals surface area contributed by atoms with Gasteiger partial charge in [-0.3, -0.25) is 9.69 Å². The Labute approximate surface area is 159 Å². The highest BCUT2D eigenvalue weighted by Gasteiger charge is 2.20. The fourth-order valence-electron chi connectivity index (χ4n) is 3.09. The molecule has 5 heteroatoms. The van der Waals surface area contributed by atoms with Gasteiger partial charge in [0.05, 0.1) is 6.42 Å². The largest absolute Gasteiger partial charge is 0.340 e. The predicted octanol–water partition coefficient (Wildman–Crippen LogP) is 3.92. The molecule has 1 fully saturated rings. The van der Waals surface area contributed by atoms with Crippen molar-refractivity contribution in [3.63, 3.8) is 0 Å². The first-order chi connectivity index (χ1) is 12.1. The summed E-state index contributed by atoms with van der Waals surface area (Å²) < 4.78 is 0. The molecule has 0 aromatic heterocycles. The van der Waals surface area contributed by atoms with E-state index in [2.05, 4.69) is 11.0 Å². The van der Waals surface area contributed by atoms with Crippen LogP contribution < -0.4 is 0 Å². The zero-order valence-corrected chi connectivity index (χ0v) is 15.6. The lowest BCUT2D eigenvalue weighted by Gasteiger charge is -2.34. The smallest absolute Gasteiger partial charge is 0.227 e. The first-order valence-electron chi connectivity index (χ1n) is 8.59. The zero-order chi connectivity index (χ0) is 17.6. The molecule has 132 valence electrons. The molecular weight excluding hydrogens is 355 g/mol. The van der Waals surface area contributed by atoms with Gasteiger partial charge in [-0.2, -0.15) is 0 Å². The Morgan fingerprint density at radius 3 is 2.28 bits per heavy atom. The third kappa shape index (κ3) is 5.46. The third-order valence-corrected chi connectivity index (χ3v) is 5.09. The Bertz CT molecular complexity index is 710. The second-order valence-corrected chi connectivity index (χ2v) is 7.28. The Hall–Kier alpha value is -1.55. The number of halogens is 2. The molecule has 3 rings (SSSR count). The van der Waals surface area contributed by atoms with Gasteiger partial charge in [0.25, 0.3) is 0 Å². The molecule has 0 unspecified atom stereocenters. The SMILES string of the molecule is O=C(Cc1ccc(Cl)cc1)N1CCN(CCc2cccc(Cl)c2)CC1. The van der Waals surface area contributed by atoms with Gasteiger partial charge in [-0.1, -0.05) is 47.5 Å². The standard InChI is InChI=1S/C20H22Cl2N2O/c21-18-6-4-17(5-7-18)15-20(25)24-12-10-23(11-13-24)9-8-16-2-1-3-19(22)14-16/h1-7,14H,8-13,15H2. The van der Waals surface area contributed by atoms with Crippen molar-refractivity contribution in [3.8, 4) is 0 Å². The molecule has 1 amide bonds. The number of carbonyl (C=O) groups is 1. The lowest BCUT2D eigenvalue weighted by Crippen LogP contribution is -2.49. The van der Waals surface area contributed by atoms with Crippen LogP contribution in [0.25, 0.3) is 0 Å². The van der Waals surface area contributed by atoms with Crippen LogP contribution in [-0.2, 0) is 17.6 Å². The molecule has 0 spiro atoms. The fourth-order valence-corrected chi connectivity index (χ4v) is 3.43. The van der Waals surface area contributed by atoms with Gasteiger partial charge >= 0.3 is 0 Å². The first kappa shape index (κ1) is 18.2. The summed E-state index contributed by atoms with van der Waals surface area (Å²) in [6.45, 7) is 4.43. The quantitative estimate of drug-likeness (QED) is 0.789. The minimum Gasteiger partial charge on any atom is -0.340 e. The summed E-state index contributed by atoms with van der Waals surface area (Å²) in [6.07, 6.45) is 1.43. The maximum absolute atomic E-state index is 12.4. The summed E-state index contributed by atoms with van der Waals surface area (Å²) in [4.78, 5) is 16.8. The van der Waals surface area contributed by atoms with E-state index in [-0.39, 0.29) is 5.91 Å². The van der Waals surface area contributed by atoms with E-state index in [0.717, 1.165) is 49.7 Å². The van der Waals surface area contributed by atoms with Crippen LogP contribution in [0.5, 0.6) is 0 Å². The summed E-state index contributed by atoms with van der Waals surface area (Å²) in [7, 11) is 0. The van der Waals surface area contributed by atoms with Crippen molar-refractivity contribution in [2.45, 2.75) is 12.8 Å². The first-order valence-corrected chi connectivity index (χ1v) is 9.35. The Morgan fingerprint density at radius 2 is 1.60 bits per heavy atom. The number of nitrogens with zero attached hydrogens (tertiary/aromatic N) is 2. The molecule has 2 aromatic rings. The third-order valence-electron chi connectivity index (χ3n) is 4.60. The molecule has 0 atom stereocenters. The molecule has 0 aliphatic carbocycles. The minimum atomic E-state index is 0.191. The van der Waals surface area contributed by atoms with Crippen molar-refractivity contribution in [1.82, 2.24) is 9.80 Å². The average Bonchev–Trinajstić information content (AvgIpc) is 2.62. The summed E-state index contributed by atoms with van der Waals surface area (Å²) in [5.41, 5.74) is 2.27. The van der Waals surface area contributed by atoms with E-state index in [1.165, 1.54) is 5.56 Å². The van der Waals surface area contributed by atoms with Crippen molar-refractivity contribution >= 4 is 29.1 Å². The van der Waals surface area contributed by atoms with E-state index in [9.17, 15) is 4.79 Å². The molecule has 1 heterocycles. The number of carbonyl (C=O) groups excluding carboxylic acids is 1. The van der Waals surface area contributed by atoms with Gasteiger partial charge in [0.2, 0.25) is 5.91 Å². The average molecular weight is 377 g/mol. The van der Waals surface area contributed by atoms with E-state index >= 15 is 0 Å². The number of amides is 1. The van der Waals surface area contributed by atoms with Crippen LogP contribution >= 0.6 is 23.2 Å². The van der Waals surface area contributed by atoms with Crippen LogP contribution in [0.15, 0.2) is 48.5 Å². The lowest BCUT2D eigenvalue weighted by molar-refractivity contribution is -0.132. The van der Waals surface area contributed by atoms with Gasteiger partial charge in [-0.05, 0) is 41.8 Å². The fraction of sp³-hybridized carbons (Fsp3) is 0.350. The van der Waals surface area contributed by atoms with Crippen molar-refractivity contribution in [2.75, 3.05) is 32.7 Å². The Kier molecular flexibility index (Phi) is 6.35. The zero-order valence-electron chi connectivity index (χ0n) is 14.1. The predicted molar refractivity (Wildman–Crippen MR) is 103 cm³/mol. The molecular formula is C20H22Cl2N2O. The molecule has 0 bridgehead atoms. The van der Waals surface area contributed by atoms with Crippen molar-refractivity contribution < 1.29 is 4.79 Å². The monoisotopic (exact) mass is 376 g/mol. The normalized spacial score (nSPS) is 15.4. The van der Waals surface area contributed by atoms with Crippen molar-refractivity contribution in [3.05, 3.63) is 69.7 Å². The Balaban J connectivity index is 1.43. The highest BCUT2D eigenvalue weighted by molar-refractivity contribution is 6.30. The summed E-state index contributed by atoms with van der Waals surface area (Å²) >= 11 is 11.9. The van der Waals surface area contributed by atoms with Crippen molar-refractivity contribution in [1.29, 1.82) is 0 Å². The van der Waals surface area contributed by atoms with Gasteiger partial charge < -0.3 is 4.90 Å². The van der Waals surface area contributed by atoms with E-state index in [1.807, 2.05) is 47.4 Å². The minimum absolute atomic E-state index is 0.191. The summed E-state index contributed by atoms with van der Waals surface area (Å²) in [5.74, 6) is 0.191. The molecule has 25 heavy (non-hydrogen) atoms. The van der Waals surface area contributed by atoms with Crippen molar-refractivity contribution in [2.24, 2.45) is 0 Å². The van der Waals surface area contributed by atoms with Gasteiger partial charge in [0.15, 0.2) is 0 Å². The second-order valence-electron chi connectivity index (χ2n) is 6.41. The Morgan fingerprint density at radius 1 is 0.880 bits per heavy atom. The van der Waals surface area contributed by atoms with E-state index in [4.69, 9.17) is 23.2 Å². The van der Waals surface area contributed by atoms with Crippen LogP contribution in [0, 0.1) is 0 Å². The summed E-state index contributed by atoms with van der Waals surface area (Å²) in [5, 5.41) is 1.49. The number of piperazine rings is 1. The number of rotatable bonds is 5. The maximum Gasteiger partial charge on any atom is 0.227 e. The van der Waals surface area contributed by atoms with E-state index in [1.54, 1.807) is 0 Å². The maximum atomic E-state index is 12.4. The molecule has 1 aliphatic heterocycles. The van der Waals surface area contributed by atoms with Gasteiger partial charge in [0, 0.05) is 42.8 Å². The van der Waals surface area contributed by atoms with Gasteiger partial charge in [-0.15, -0.1) is 0 Å². The number of hydrogen-bond donors (Lipinski definition) is 0. The molecule has 3 nitrogen and oxygen atoms in total. The highest BCUT2D eigenvalue weighted by atomic mass is 35.5. The van der Waals surface area contributed by atoms with Crippen LogP contribution in [0.2, 0.25) is 10.0 Å². The van der Waals surface area contributed by atoms with E-state index in [0.29, 0.717) is 11.4 Å². The summed E-state index contributed by atoms with van der Waals surface area (Å²) in [6, 6.07) is 15.5. The number of benzene rings is 2. The van der Waals surface area contributed by atoms with Gasteiger partial charge in [0.1, 0.15) is 0 Å². The second kappa shape index (κ2) is 8.70. The highest BCUT2D eigenvalue weighted by Crippen LogP contribution is 2.14. The molecule has 2 aromatic carbocycles. The molecule has 1 aliphatic rings. The topological polar surface area (TPSA) is 23.6 Å².